The van der Waals surface area contributed by atoms with Crippen LogP contribution in [0.5, 0.6) is 5.75 Å². The maximum absolute atomic E-state index is 15.2. The summed E-state index contributed by atoms with van der Waals surface area (Å²) in [5.74, 6) is -1.79. The molecule has 1 fully saturated rings. The van der Waals surface area contributed by atoms with E-state index < -0.39 is 36.0 Å². The van der Waals surface area contributed by atoms with Crippen LogP contribution in [-0.2, 0) is 22.6 Å². The van der Waals surface area contributed by atoms with Crippen LogP contribution in [0.15, 0.2) is 18.3 Å². The van der Waals surface area contributed by atoms with E-state index in [9.17, 15) is 18.4 Å². The van der Waals surface area contributed by atoms with Gasteiger partial charge in [-0.05, 0) is 25.1 Å². The molecule has 8 nitrogen and oxygen atoms in total. The molecule has 1 aromatic carbocycles. The number of anilines is 1. The van der Waals surface area contributed by atoms with Crippen LogP contribution in [0.4, 0.5) is 19.0 Å². The van der Waals surface area contributed by atoms with E-state index in [2.05, 4.69) is 4.98 Å². The van der Waals surface area contributed by atoms with Crippen LogP contribution in [-0.4, -0.2) is 65.5 Å². The zero-order valence-electron chi connectivity index (χ0n) is 17.7. The Morgan fingerprint density at radius 2 is 2.12 bits per heavy atom. The number of rotatable bonds is 5. The molecule has 172 valence electrons. The highest BCUT2D eigenvalue weighted by molar-refractivity contribution is 5.95. The zero-order chi connectivity index (χ0) is 23.2. The lowest BCUT2D eigenvalue weighted by Gasteiger charge is -2.37. The molecule has 11 heteroatoms. The Morgan fingerprint density at radius 3 is 2.81 bits per heavy atom. The van der Waals surface area contributed by atoms with Gasteiger partial charge in [0.25, 0.3) is 6.43 Å². The first-order valence-electron chi connectivity index (χ1n) is 10.3. The summed E-state index contributed by atoms with van der Waals surface area (Å²) < 4.78 is 49.9. The van der Waals surface area contributed by atoms with Gasteiger partial charge in [-0.1, -0.05) is 13.0 Å². The van der Waals surface area contributed by atoms with Crippen molar-refractivity contribution in [1.29, 1.82) is 0 Å². The summed E-state index contributed by atoms with van der Waals surface area (Å²) in [7, 11) is 1.61. The largest absolute Gasteiger partial charge is 0.488 e. The van der Waals surface area contributed by atoms with E-state index in [0.29, 0.717) is 17.9 Å². The second kappa shape index (κ2) is 8.45. The van der Waals surface area contributed by atoms with E-state index in [1.807, 2.05) is 0 Å². The Morgan fingerprint density at radius 1 is 1.38 bits per heavy atom. The van der Waals surface area contributed by atoms with Crippen molar-refractivity contribution in [1.82, 2.24) is 14.5 Å². The Hall–Kier alpha value is -3.08. The molecule has 2 amide bonds. The summed E-state index contributed by atoms with van der Waals surface area (Å²) in [4.78, 5) is 31.0. The molecule has 0 unspecified atom stereocenters. The van der Waals surface area contributed by atoms with E-state index in [4.69, 9.17) is 10.5 Å². The highest BCUT2D eigenvalue weighted by Gasteiger charge is 2.39. The number of aromatic nitrogens is 2. The van der Waals surface area contributed by atoms with Gasteiger partial charge >= 0.3 is 0 Å². The van der Waals surface area contributed by atoms with Gasteiger partial charge in [0.2, 0.25) is 11.8 Å². The zero-order valence-corrected chi connectivity index (χ0v) is 17.7. The van der Waals surface area contributed by atoms with Crippen molar-refractivity contribution in [3.63, 3.8) is 0 Å². The molecular formula is C21H24F3N5O3. The molecule has 3 heterocycles. The SMILES string of the molecule is C[C@H](Cc1ccc2c(c1F)OCCn1cc(N3C(=O)CN(C)C[C@H]3C(F)F)nc1-2)C(N)=O. The normalized spacial score (nSPS) is 19.9. The van der Waals surface area contributed by atoms with E-state index in [1.54, 1.807) is 29.5 Å². The minimum absolute atomic E-state index is 0.00114. The van der Waals surface area contributed by atoms with E-state index in [1.165, 1.54) is 12.3 Å². The first kappa shape index (κ1) is 22.1. The van der Waals surface area contributed by atoms with E-state index >= 15 is 4.39 Å². The lowest BCUT2D eigenvalue weighted by atomic mass is 9.98. The molecule has 2 aliphatic rings. The number of carbonyl (C=O) groups is 2. The van der Waals surface area contributed by atoms with Crippen LogP contribution in [0.25, 0.3) is 11.4 Å². The number of hydrogen-bond acceptors (Lipinski definition) is 5. The Balaban J connectivity index is 1.73. The smallest absolute Gasteiger partial charge is 0.260 e. The van der Waals surface area contributed by atoms with Crippen LogP contribution in [0.1, 0.15) is 12.5 Å². The van der Waals surface area contributed by atoms with Crippen molar-refractivity contribution >= 4 is 17.6 Å². The predicted octanol–water partition coefficient (Wildman–Crippen LogP) is 1.66. The molecule has 2 N–H and O–H groups in total. The summed E-state index contributed by atoms with van der Waals surface area (Å²) >= 11 is 0. The number of alkyl halides is 2. The van der Waals surface area contributed by atoms with Gasteiger partial charge in [0.15, 0.2) is 17.4 Å². The van der Waals surface area contributed by atoms with Crippen LogP contribution < -0.4 is 15.4 Å². The molecule has 0 saturated carbocycles. The molecule has 0 bridgehead atoms. The van der Waals surface area contributed by atoms with Crippen molar-refractivity contribution in [2.24, 2.45) is 11.7 Å². The average molecular weight is 451 g/mol. The molecule has 2 atom stereocenters. The quantitative estimate of drug-likeness (QED) is 0.746. The maximum Gasteiger partial charge on any atom is 0.260 e. The van der Waals surface area contributed by atoms with Gasteiger partial charge < -0.3 is 15.0 Å². The topological polar surface area (TPSA) is 93.7 Å². The molecule has 4 rings (SSSR count). The summed E-state index contributed by atoms with van der Waals surface area (Å²) in [6, 6.07) is 1.82. The van der Waals surface area contributed by atoms with Crippen LogP contribution in [0.2, 0.25) is 0 Å². The van der Waals surface area contributed by atoms with Gasteiger partial charge in [0, 0.05) is 18.7 Å². The van der Waals surface area contributed by atoms with Crippen molar-refractivity contribution in [3.8, 4) is 17.1 Å². The fraction of sp³-hybridized carbons (Fsp3) is 0.476. The number of likely N-dealkylation sites (N-methyl/N-ethyl adjacent to an activating group) is 1. The second-order valence-electron chi connectivity index (χ2n) is 8.25. The molecular weight excluding hydrogens is 427 g/mol. The monoisotopic (exact) mass is 451 g/mol. The number of fused-ring (bicyclic) bond motifs is 3. The predicted molar refractivity (Wildman–Crippen MR) is 110 cm³/mol. The summed E-state index contributed by atoms with van der Waals surface area (Å²) in [6.07, 6.45) is -1.11. The van der Waals surface area contributed by atoms with E-state index in [-0.39, 0.29) is 43.2 Å². The third kappa shape index (κ3) is 3.92. The molecule has 1 aromatic heterocycles. The van der Waals surface area contributed by atoms with Crippen molar-refractivity contribution in [2.75, 3.05) is 31.6 Å². The van der Waals surface area contributed by atoms with Gasteiger partial charge in [-0.3, -0.25) is 19.4 Å². The lowest BCUT2D eigenvalue weighted by Crippen LogP contribution is -2.58. The fourth-order valence-electron chi connectivity index (χ4n) is 4.10. The minimum atomic E-state index is -2.74. The molecule has 32 heavy (non-hydrogen) atoms. The van der Waals surface area contributed by atoms with E-state index in [0.717, 1.165) is 4.90 Å². The van der Waals surface area contributed by atoms with Crippen LogP contribution in [0.3, 0.4) is 0 Å². The first-order valence-corrected chi connectivity index (χ1v) is 10.3. The number of nitrogens with zero attached hydrogens (tertiary/aromatic N) is 4. The van der Waals surface area contributed by atoms with Crippen molar-refractivity contribution < 1.29 is 27.5 Å². The summed E-state index contributed by atoms with van der Waals surface area (Å²) in [6.45, 7) is 2.05. The third-order valence-corrected chi connectivity index (χ3v) is 5.81. The van der Waals surface area contributed by atoms with Crippen molar-refractivity contribution in [2.45, 2.75) is 32.4 Å². The van der Waals surface area contributed by atoms with Gasteiger partial charge in [0.05, 0.1) is 18.7 Å². The van der Waals surface area contributed by atoms with Crippen molar-refractivity contribution in [3.05, 3.63) is 29.7 Å². The number of primary amides is 1. The number of halogens is 3. The number of carbonyl (C=O) groups excluding carboxylic acids is 2. The summed E-state index contributed by atoms with van der Waals surface area (Å²) in [5, 5.41) is 0. The molecule has 2 aliphatic heterocycles. The number of piperazine rings is 1. The van der Waals surface area contributed by atoms with Gasteiger partial charge in [0.1, 0.15) is 18.5 Å². The molecule has 0 spiro atoms. The van der Waals surface area contributed by atoms with Gasteiger partial charge in [-0.2, -0.15) is 0 Å². The third-order valence-electron chi connectivity index (χ3n) is 5.81. The number of amides is 2. The number of imidazole rings is 1. The number of ether oxygens (including phenoxy) is 1. The van der Waals surface area contributed by atoms with Crippen LogP contribution >= 0.6 is 0 Å². The van der Waals surface area contributed by atoms with Gasteiger partial charge in [-0.25, -0.2) is 18.2 Å². The molecule has 0 radical (unpaired) electrons. The fourth-order valence-corrected chi connectivity index (χ4v) is 4.10. The number of nitrogens with two attached hydrogens (primary N) is 1. The molecule has 2 aromatic rings. The first-order chi connectivity index (χ1) is 15.2. The minimum Gasteiger partial charge on any atom is -0.488 e. The Kier molecular flexibility index (Phi) is 5.85. The highest BCUT2D eigenvalue weighted by Crippen LogP contribution is 2.38. The second-order valence-corrected chi connectivity index (χ2v) is 8.25. The average Bonchev–Trinajstić information content (AvgIpc) is 3.05. The molecule has 0 aliphatic carbocycles. The Labute approximate surface area is 182 Å². The van der Waals surface area contributed by atoms with Crippen LogP contribution in [0, 0.1) is 11.7 Å². The lowest BCUT2D eigenvalue weighted by molar-refractivity contribution is -0.123. The highest BCUT2D eigenvalue weighted by atomic mass is 19.3. The maximum atomic E-state index is 15.2. The molecule has 1 saturated heterocycles. The number of hydrogen-bond donors (Lipinski definition) is 1. The standard InChI is InChI=1S/C21H24F3N5O3/c1-11(20(25)31)7-12-3-4-13-18(17(12)22)32-6-5-28-9-15(26-21(13)28)29-14(19(23)24)8-27(2)10-16(29)30/h3-4,9,11,14,19H,5-8,10H2,1-2H3,(H2,25,31)/t11-,14+/m1/s1. The Bertz CT molecular complexity index is 1060. The number of benzene rings is 1. The van der Waals surface area contributed by atoms with Gasteiger partial charge in [-0.15, -0.1) is 0 Å². The summed E-state index contributed by atoms with van der Waals surface area (Å²) in [5.41, 5.74) is 5.92.